The molecule has 0 fully saturated rings. The van der Waals surface area contributed by atoms with Crippen LogP contribution in [0.1, 0.15) is 43.2 Å². The van der Waals surface area contributed by atoms with Crippen molar-refractivity contribution in [2.75, 3.05) is 0 Å². The van der Waals surface area contributed by atoms with Crippen LogP contribution < -0.4 is 5.32 Å². The average molecular weight is 268 g/mol. The SMILES string of the molecule is CCC[C@@H](NC(=O)CCc1c(C)noc1C)C(=O)O. The number of nitrogens with zero attached hydrogens (tertiary/aromatic N) is 1. The number of rotatable bonds is 7. The Labute approximate surface area is 112 Å². The van der Waals surface area contributed by atoms with Crippen LogP contribution in [0.5, 0.6) is 0 Å². The molecule has 1 atom stereocenters. The van der Waals surface area contributed by atoms with E-state index >= 15 is 0 Å². The molecule has 1 heterocycles. The highest BCUT2D eigenvalue weighted by Crippen LogP contribution is 2.14. The van der Waals surface area contributed by atoms with Crippen molar-refractivity contribution < 1.29 is 19.2 Å². The number of aliphatic carboxylic acids is 1. The van der Waals surface area contributed by atoms with Crippen LogP contribution >= 0.6 is 0 Å². The van der Waals surface area contributed by atoms with Crippen LogP contribution in [0.25, 0.3) is 0 Å². The monoisotopic (exact) mass is 268 g/mol. The summed E-state index contributed by atoms with van der Waals surface area (Å²) in [6.07, 6.45) is 1.88. The molecule has 0 aliphatic carbocycles. The van der Waals surface area contributed by atoms with Gasteiger partial charge in [0.05, 0.1) is 5.69 Å². The van der Waals surface area contributed by atoms with Crippen LogP contribution in [0, 0.1) is 13.8 Å². The second-order valence-electron chi connectivity index (χ2n) is 4.55. The molecule has 1 amide bonds. The second kappa shape index (κ2) is 6.92. The van der Waals surface area contributed by atoms with Gasteiger partial charge in [0.25, 0.3) is 0 Å². The molecule has 0 bridgehead atoms. The fourth-order valence-corrected chi connectivity index (χ4v) is 1.91. The highest BCUT2D eigenvalue weighted by molar-refractivity contribution is 5.83. The van der Waals surface area contributed by atoms with Crippen LogP contribution in [-0.2, 0) is 16.0 Å². The van der Waals surface area contributed by atoms with Crippen molar-refractivity contribution in [3.8, 4) is 0 Å². The van der Waals surface area contributed by atoms with Gasteiger partial charge in [0.15, 0.2) is 0 Å². The molecule has 106 valence electrons. The number of aromatic nitrogens is 1. The number of hydrogen-bond acceptors (Lipinski definition) is 4. The molecule has 6 heteroatoms. The number of hydrogen-bond donors (Lipinski definition) is 2. The maximum atomic E-state index is 11.7. The van der Waals surface area contributed by atoms with Gasteiger partial charge in [-0.15, -0.1) is 0 Å². The number of carboxylic acids is 1. The fraction of sp³-hybridized carbons (Fsp3) is 0.615. The third-order valence-electron chi connectivity index (χ3n) is 2.99. The third kappa shape index (κ3) is 4.39. The van der Waals surface area contributed by atoms with Crippen molar-refractivity contribution in [1.29, 1.82) is 0 Å². The zero-order chi connectivity index (χ0) is 14.4. The fourth-order valence-electron chi connectivity index (χ4n) is 1.91. The van der Waals surface area contributed by atoms with Crippen LogP contribution in [0.2, 0.25) is 0 Å². The molecule has 1 rings (SSSR count). The van der Waals surface area contributed by atoms with Gasteiger partial charge in [-0.05, 0) is 26.7 Å². The van der Waals surface area contributed by atoms with Crippen molar-refractivity contribution in [2.45, 2.75) is 52.5 Å². The summed E-state index contributed by atoms with van der Waals surface area (Å²) in [5.74, 6) is -0.554. The third-order valence-corrected chi connectivity index (χ3v) is 2.99. The molecule has 6 nitrogen and oxygen atoms in total. The molecule has 2 N–H and O–H groups in total. The summed E-state index contributed by atoms with van der Waals surface area (Å²) in [6, 6.07) is -0.804. The lowest BCUT2D eigenvalue weighted by atomic mass is 10.1. The predicted molar refractivity (Wildman–Crippen MR) is 68.8 cm³/mol. The second-order valence-corrected chi connectivity index (χ2v) is 4.55. The normalized spacial score (nSPS) is 12.2. The number of carboxylic acid groups (broad SMARTS) is 1. The molecule has 19 heavy (non-hydrogen) atoms. The van der Waals surface area contributed by atoms with E-state index < -0.39 is 12.0 Å². The van der Waals surface area contributed by atoms with Gasteiger partial charge in [0, 0.05) is 12.0 Å². The molecular formula is C13H20N2O4. The predicted octanol–water partition coefficient (Wildman–Crippen LogP) is 1.59. The Hall–Kier alpha value is -1.85. The van der Waals surface area contributed by atoms with E-state index in [1.807, 2.05) is 13.8 Å². The van der Waals surface area contributed by atoms with E-state index in [-0.39, 0.29) is 12.3 Å². The summed E-state index contributed by atoms with van der Waals surface area (Å²) in [6.45, 7) is 5.50. The van der Waals surface area contributed by atoms with Crippen molar-refractivity contribution in [3.63, 3.8) is 0 Å². The van der Waals surface area contributed by atoms with E-state index in [4.69, 9.17) is 9.63 Å². The molecule has 1 aromatic rings. The molecule has 0 saturated heterocycles. The topological polar surface area (TPSA) is 92.4 Å². The summed E-state index contributed by atoms with van der Waals surface area (Å²) in [5, 5.41) is 15.3. The molecule has 0 spiro atoms. The molecule has 0 aliphatic rings. The largest absolute Gasteiger partial charge is 0.480 e. The minimum absolute atomic E-state index is 0.233. The van der Waals surface area contributed by atoms with E-state index in [9.17, 15) is 9.59 Å². The molecule has 0 aromatic carbocycles. The van der Waals surface area contributed by atoms with Crippen molar-refractivity contribution in [2.24, 2.45) is 0 Å². The highest BCUT2D eigenvalue weighted by atomic mass is 16.5. The lowest BCUT2D eigenvalue weighted by Crippen LogP contribution is -2.40. The summed E-state index contributed by atoms with van der Waals surface area (Å²) >= 11 is 0. The zero-order valence-corrected chi connectivity index (χ0v) is 11.5. The first kappa shape index (κ1) is 15.2. The maximum absolute atomic E-state index is 11.7. The standard InChI is InChI=1S/C13H20N2O4/c1-4-5-11(13(17)18)14-12(16)7-6-10-8(2)15-19-9(10)3/h11H,4-7H2,1-3H3,(H,14,16)(H,17,18)/t11-/m1/s1. The zero-order valence-electron chi connectivity index (χ0n) is 11.5. The number of carbonyl (C=O) groups is 2. The summed E-state index contributed by atoms with van der Waals surface area (Å²) in [4.78, 5) is 22.7. The Morgan fingerprint density at radius 2 is 2.11 bits per heavy atom. The molecule has 1 aromatic heterocycles. The number of carbonyl (C=O) groups excluding carboxylic acids is 1. The van der Waals surface area contributed by atoms with Gasteiger partial charge in [0.2, 0.25) is 5.91 Å². The summed E-state index contributed by atoms with van der Waals surface area (Å²) in [7, 11) is 0. The first-order valence-corrected chi connectivity index (χ1v) is 6.39. The molecular weight excluding hydrogens is 248 g/mol. The smallest absolute Gasteiger partial charge is 0.326 e. The van der Waals surface area contributed by atoms with Crippen molar-refractivity contribution in [1.82, 2.24) is 10.5 Å². The summed E-state index contributed by atoms with van der Waals surface area (Å²) in [5.41, 5.74) is 1.69. The van der Waals surface area contributed by atoms with E-state index in [2.05, 4.69) is 10.5 Å². The number of amides is 1. The van der Waals surface area contributed by atoms with Gasteiger partial charge in [-0.25, -0.2) is 4.79 Å². The van der Waals surface area contributed by atoms with Gasteiger partial charge in [-0.1, -0.05) is 18.5 Å². The Bertz CT molecular complexity index is 434. The van der Waals surface area contributed by atoms with E-state index in [0.717, 1.165) is 11.3 Å². The first-order chi connectivity index (χ1) is 8.95. The lowest BCUT2D eigenvalue weighted by molar-refractivity contribution is -0.142. The van der Waals surface area contributed by atoms with Crippen molar-refractivity contribution >= 4 is 11.9 Å². The minimum Gasteiger partial charge on any atom is -0.480 e. The highest BCUT2D eigenvalue weighted by Gasteiger charge is 2.19. The van der Waals surface area contributed by atoms with Gasteiger partial charge in [-0.3, -0.25) is 4.79 Å². The van der Waals surface area contributed by atoms with Gasteiger partial charge in [0.1, 0.15) is 11.8 Å². The Kier molecular flexibility index (Phi) is 5.54. The van der Waals surface area contributed by atoms with Crippen LogP contribution in [0.15, 0.2) is 4.52 Å². The number of aryl methyl sites for hydroxylation is 2. The average Bonchev–Trinajstić information content (AvgIpc) is 2.66. The maximum Gasteiger partial charge on any atom is 0.326 e. The Morgan fingerprint density at radius 3 is 2.58 bits per heavy atom. The van der Waals surface area contributed by atoms with E-state index in [0.29, 0.717) is 25.0 Å². The lowest BCUT2D eigenvalue weighted by Gasteiger charge is -2.13. The van der Waals surface area contributed by atoms with Crippen LogP contribution in [0.4, 0.5) is 0 Å². The molecule has 0 unspecified atom stereocenters. The Balaban J connectivity index is 2.49. The van der Waals surface area contributed by atoms with Gasteiger partial charge >= 0.3 is 5.97 Å². The molecule has 0 saturated carbocycles. The molecule has 0 radical (unpaired) electrons. The number of nitrogens with one attached hydrogen (secondary N) is 1. The van der Waals surface area contributed by atoms with Gasteiger partial charge in [-0.2, -0.15) is 0 Å². The van der Waals surface area contributed by atoms with Crippen LogP contribution in [-0.4, -0.2) is 28.2 Å². The van der Waals surface area contributed by atoms with E-state index in [1.54, 1.807) is 6.92 Å². The minimum atomic E-state index is -0.993. The van der Waals surface area contributed by atoms with Crippen LogP contribution in [0.3, 0.4) is 0 Å². The Morgan fingerprint density at radius 1 is 1.42 bits per heavy atom. The summed E-state index contributed by atoms with van der Waals surface area (Å²) < 4.78 is 5.01. The van der Waals surface area contributed by atoms with Gasteiger partial charge < -0.3 is 14.9 Å². The van der Waals surface area contributed by atoms with E-state index in [1.165, 1.54) is 0 Å². The molecule has 0 aliphatic heterocycles. The quantitative estimate of drug-likeness (QED) is 0.783. The first-order valence-electron chi connectivity index (χ1n) is 6.39. The van der Waals surface area contributed by atoms with Crippen molar-refractivity contribution in [3.05, 3.63) is 17.0 Å².